The van der Waals surface area contributed by atoms with Gasteiger partial charge in [-0.25, -0.2) is 0 Å². The highest BCUT2D eigenvalue weighted by Gasteiger charge is 2.16. The van der Waals surface area contributed by atoms with Crippen LogP contribution in [0, 0.1) is 6.92 Å². The number of hydrogen-bond acceptors (Lipinski definition) is 3. The fraction of sp³-hybridized carbons (Fsp3) is 0.176. The van der Waals surface area contributed by atoms with E-state index in [1.165, 1.54) is 22.1 Å². The summed E-state index contributed by atoms with van der Waals surface area (Å²) in [5, 5.41) is 4.58. The van der Waals surface area contributed by atoms with E-state index < -0.39 is 0 Å². The average Bonchev–Trinajstić information content (AvgIpc) is 2.50. The quantitative estimate of drug-likeness (QED) is 0.788. The zero-order valence-electron chi connectivity index (χ0n) is 11.7. The molecule has 100 valence electrons. The van der Waals surface area contributed by atoms with E-state index in [2.05, 4.69) is 40.4 Å². The number of benzene rings is 1. The molecule has 2 aromatic heterocycles. The van der Waals surface area contributed by atoms with Gasteiger partial charge in [0.2, 0.25) is 0 Å². The summed E-state index contributed by atoms with van der Waals surface area (Å²) < 4.78 is 0. The summed E-state index contributed by atoms with van der Waals surface area (Å²) in [6, 6.07) is 12.5. The van der Waals surface area contributed by atoms with E-state index in [9.17, 15) is 0 Å². The van der Waals surface area contributed by atoms with Crippen molar-refractivity contribution in [2.75, 3.05) is 7.05 Å². The van der Waals surface area contributed by atoms with Gasteiger partial charge in [-0.15, -0.1) is 0 Å². The normalized spacial score (nSPS) is 12.5. The zero-order valence-corrected chi connectivity index (χ0v) is 11.7. The van der Waals surface area contributed by atoms with Gasteiger partial charge < -0.3 is 5.32 Å². The predicted molar refractivity (Wildman–Crippen MR) is 81.6 cm³/mol. The molecule has 3 nitrogen and oxygen atoms in total. The fourth-order valence-electron chi connectivity index (χ4n) is 2.63. The molecule has 0 aliphatic carbocycles. The molecule has 0 aliphatic heterocycles. The van der Waals surface area contributed by atoms with Crippen LogP contribution in [0.15, 0.2) is 55.0 Å². The van der Waals surface area contributed by atoms with Crippen LogP contribution in [0.5, 0.6) is 0 Å². The molecular formula is C17H17N3. The Morgan fingerprint density at radius 2 is 1.85 bits per heavy atom. The minimum atomic E-state index is 0.122. The van der Waals surface area contributed by atoms with Gasteiger partial charge in [-0.1, -0.05) is 18.2 Å². The Morgan fingerprint density at radius 1 is 1.00 bits per heavy atom. The van der Waals surface area contributed by atoms with Crippen LogP contribution in [-0.4, -0.2) is 17.0 Å². The third-order valence-corrected chi connectivity index (χ3v) is 3.67. The van der Waals surface area contributed by atoms with E-state index in [0.29, 0.717) is 0 Å². The Hall–Kier alpha value is -2.26. The summed E-state index contributed by atoms with van der Waals surface area (Å²) in [5.74, 6) is 0. The molecule has 0 bridgehead atoms. The predicted octanol–water partition coefficient (Wildman–Crippen LogP) is 3.25. The van der Waals surface area contributed by atoms with Gasteiger partial charge >= 0.3 is 0 Å². The van der Waals surface area contributed by atoms with Crippen LogP contribution in [0.1, 0.15) is 22.7 Å². The van der Waals surface area contributed by atoms with Gasteiger partial charge in [0.25, 0.3) is 0 Å². The molecule has 1 N–H and O–H groups in total. The second-order valence-corrected chi connectivity index (χ2v) is 4.87. The van der Waals surface area contributed by atoms with Crippen molar-refractivity contribution in [1.29, 1.82) is 0 Å². The smallest absolute Gasteiger partial charge is 0.0705 e. The minimum Gasteiger partial charge on any atom is -0.309 e. The van der Waals surface area contributed by atoms with Crippen molar-refractivity contribution in [3.8, 4) is 0 Å². The van der Waals surface area contributed by atoms with E-state index in [1.54, 1.807) is 0 Å². The van der Waals surface area contributed by atoms with Crippen molar-refractivity contribution in [1.82, 2.24) is 15.3 Å². The van der Waals surface area contributed by atoms with Crippen LogP contribution in [0.3, 0.4) is 0 Å². The second-order valence-electron chi connectivity index (χ2n) is 4.87. The summed E-state index contributed by atoms with van der Waals surface area (Å²) in [6.45, 7) is 2.12. The standard InChI is InChI=1S/C17H17N3/c1-12-7-9-19-11-15(12)17(18-2)14-8-10-20-16-6-4-3-5-13(14)16/h3-11,17-18H,1-2H3. The molecule has 0 saturated carbocycles. The first kappa shape index (κ1) is 12.8. The number of pyridine rings is 2. The Bertz CT molecular complexity index is 732. The monoisotopic (exact) mass is 263 g/mol. The number of hydrogen-bond donors (Lipinski definition) is 1. The summed E-state index contributed by atoms with van der Waals surface area (Å²) in [4.78, 5) is 8.70. The zero-order chi connectivity index (χ0) is 13.9. The van der Waals surface area contributed by atoms with Crippen molar-refractivity contribution in [2.24, 2.45) is 0 Å². The number of aromatic nitrogens is 2. The lowest BCUT2D eigenvalue weighted by atomic mass is 9.94. The molecule has 3 aromatic rings. The van der Waals surface area contributed by atoms with Crippen LogP contribution in [-0.2, 0) is 0 Å². The summed E-state index contributed by atoms with van der Waals surface area (Å²) >= 11 is 0. The molecule has 1 unspecified atom stereocenters. The highest BCUT2D eigenvalue weighted by atomic mass is 14.9. The third kappa shape index (κ3) is 2.17. The highest BCUT2D eigenvalue weighted by Crippen LogP contribution is 2.28. The molecule has 0 radical (unpaired) electrons. The molecule has 2 heterocycles. The van der Waals surface area contributed by atoms with E-state index in [-0.39, 0.29) is 6.04 Å². The largest absolute Gasteiger partial charge is 0.309 e. The Labute approximate surface area is 118 Å². The molecule has 20 heavy (non-hydrogen) atoms. The lowest BCUT2D eigenvalue weighted by Crippen LogP contribution is -2.19. The van der Waals surface area contributed by atoms with Gasteiger partial charge in [-0.05, 0) is 48.9 Å². The lowest BCUT2D eigenvalue weighted by Gasteiger charge is -2.20. The molecular weight excluding hydrogens is 246 g/mol. The molecule has 0 spiro atoms. The SMILES string of the molecule is CNC(c1cnccc1C)c1ccnc2ccccc12. The summed E-state index contributed by atoms with van der Waals surface area (Å²) in [7, 11) is 1.98. The molecule has 1 atom stereocenters. The molecule has 1 aromatic carbocycles. The fourth-order valence-corrected chi connectivity index (χ4v) is 2.63. The van der Waals surface area contributed by atoms with Crippen molar-refractivity contribution < 1.29 is 0 Å². The number of nitrogens with one attached hydrogen (secondary N) is 1. The van der Waals surface area contributed by atoms with Gasteiger partial charge in [0.1, 0.15) is 0 Å². The van der Waals surface area contributed by atoms with E-state index in [0.717, 1.165) is 5.52 Å². The molecule has 0 amide bonds. The summed E-state index contributed by atoms with van der Waals surface area (Å²) in [5.41, 5.74) is 4.69. The maximum atomic E-state index is 4.43. The van der Waals surface area contributed by atoms with Crippen LogP contribution >= 0.6 is 0 Å². The maximum absolute atomic E-state index is 4.43. The van der Waals surface area contributed by atoms with E-state index in [1.807, 2.05) is 43.8 Å². The van der Waals surface area contributed by atoms with Gasteiger partial charge in [-0.3, -0.25) is 9.97 Å². The van der Waals surface area contributed by atoms with Gasteiger partial charge in [-0.2, -0.15) is 0 Å². The molecule has 0 fully saturated rings. The van der Waals surface area contributed by atoms with Crippen LogP contribution in [0.2, 0.25) is 0 Å². The first-order chi connectivity index (χ1) is 9.81. The van der Waals surface area contributed by atoms with E-state index >= 15 is 0 Å². The van der Waals surface area contributed by atoms with Crippen molar-refractivity contribution >= 4 is 10.9 Å². The number of nitrogens with zero attached hydrogens (tertiary/aromatic N) is 2. The number of para-hydroxylation sites is 1. The van der Waals surface area contributed by atoms with Crippen LogP contribution in [0.25, 0.3) is 10.9 Å². The van der Waals surface area contributed by atoms with Gasteiger partial charge in [0, 0.05) is 24.0 Å². The molecule has 0 saturated heterocycles. The lowest BCUT2D eigenvalue weighted by molar-refractivity contribution is 0.688. The Balaban J connectivity index is 2.20. The first-order valence-electron chi connectivity index (χ1n) is 6.72. The Kier molecular flexibility index (Phi) is 3.44. The maximum Gasteiger partial charge on any atom is 0.0705 e. The van der Waals surface area contributed by atoms with Crippen molar-refractivity contribution in [3.63, 3.8) is 0 Å². The van der Waals surface area contributed by atoms with Gasteiger partial charge in [0.15, 0.2) is 0 Å². The highest BCUT2D eigenvalue weighted by molar-refractivity contribution is 5.82. The first-order valence-corrected chi connectivity index (χ1v) is 6.72. The number of fused-ring (bicyclic) bond motifs is 1. The van der Waals surface area contributed by atoms with Crippen molar-refractivity contribution in [3.05, 3.63) is 71.7 Å². The van der Waals surface area contributed by atoms with Crippen LogP contribution < -0.4 is 5.32 Å². The number of aryl methyl sites for hydroxylation is 1. The van der Waals surface area contributed by atoms with Crippen molar-refractivity contribution in [2.45, 2.75) is 13.0 Å². The second kappa shape index (κ2) is 5.39. The topological polar surface area (TPSA) is 37.8 Å². The summed E-state index contributed by atoms with van der Waals surface area (Å²) in [6.07, 6.45) is 5.63. The Morgan fingerprint density at radius 3 is 2.65 bits per heavy atom. The number of rotatable bonds is 3. The van der Waals surface area contributed by atoms with E-state index in [4.69, 9.17) is 0 Å². The van der Waals surface area contributed by atoms with Gasteiger partial charge in [0.05, 0.1) is 11.6 Å². The molecule has 3 rings (SSSR count). The third-order valence-electron chi connectivity index (χ3n) is 3.67. The minimum absolute atomic E-state index is 0.122. The molecule has 3 heteroatoms. The van der Waals surface area contributed by atoms with Crippen LogP contribution in [0.4, 0.5) is 0 Å². The molecule has 0 aliphatic rings. The average molecular weight is 263 g/mol.